The van der Waals surface area contributed by atoms with E-state index in [0.717, 1.165) is 5.56 Å². The highest BCUT2D eigenvalue weighted by Crippen LogP contribution is 2.18. The van der Waals surface area contributed by atoms with Gasteiger partial charge >= 0.3 is 5.97 Å². The molecular weight excluding hydrogens is 220 g/mol. The Bertz CT molecular complexity index is 564. The highest BCUT2D eigenvalue weighted by molar-refractivity contribution is 5.77. The van der Waals surface area contributed by atoms with Crippen LogP contribution in [0.4, 0.5) is 5.82 Å². The van der Waals surface area contributed by atoms with Gasteiger partial charge in [0.05, 0.1) is 0 Å². The number of rotatable bonds is 3. The molecule has 1 atom stereocenters. The molecule has 6 nitrogen and oxygen atoms in total. The fourth-order valence-electron chi connectivity index (χ4n) is 1.65. The molecule has 0 aliphatic rings. The van der Waals surface area contributed by atoms with Crippen molar-refractivity contribution in [2.24, 2.45) is 0 Å². The van der Waals surface area contributed by atoms with Crippen LogP contribution < -0.4 is 4.90 Å². The second kappa shape index (κ2) is 4.04. The molecule has 0 amide bonds. The van der Waals surface area contributed by atoms with E-state index < -0.39 is 12.0 Å². The number of fused-ring (bicyclic) bond motifs is 1. The normalized spacial score (nSPS) is 12.6. The van der Waals surface area contributed by atoms with Gasteiger partial charge in [0.25, 0.3) is 0 Å². The average Bonchev–Trinajstić information content (AvgIpc) is 2.73. The van der Waals surface area contributed by atoms with Crippen LogP contribution in [0.5, 0.6) is 0 Å². The Balaban J connectivity index is 2.53. The van der Waals surface area contributed by atoms with Crippen LogP contribution in [0.25, 0.3) is 5.65 Å². The number of aliphatic carboxylic acids is 1. The molecule has 1 N–H and O–H groups in total. The van der Waals surface area contributed by atoms with Gasteiger partial charge in [-0.3, -0.25) is 0 Å². The second-order valence-electron chi connectivity index (χ2n) is 4.05. The number of hydrogen-bond acceptors (Lipinski definition) is 4. The van der Waals surface area contributed by atoms with Crippen LogP contribution in [-0.4, -0.2) is 38.8 Å². The van der Waals surface area contributed by atoms with Crippen molar-refractivity contribution in [3.8, 4) is 0 Å². The zero-order valence-corrected chi connectivity index (χ0v) is 9.95. The maximum atomic E-state index is 11.0. The number of likely N-dealkylation sites (N-methyl/N-ethyl adjacent to an activating group) is 1. The quantitative estimate of drug-likeness (QED) is 0.856. The number of carbonyl (C=O) groups is 1. The summed E-state index contributed by atoms with van der Waals surface area (Å²) < 4.78 is 1.63. The molecule has 2 heterocycles. The van der Waals surface area contributed by atoms with Crippen molar-refractivity contribution in [3.63, 3.8) is 0 Å². The zero-order chi connectivity index (χ0) is 12.6. The van der Waals surface area contributed by atoms with Crippen LogP contribution in [-0.2, 0) is 4.79 Å². The first-order valence-corrected chi connectivity index (χ1v) is 5.26. The molecule has 0 radical (unpaired) electrons. The van der Waals surface area contributed by atoms with E-state index in [4.69, 9.17) is 5.11 Å². The third kappa shape index (κ3) is 1.93. The topological polar surface area (TPSA) is 70.7 Å². The van der Waals surface area contributed by atoms with E-state index >= 15 is 0 Å². The average molecular weight is 234 g/mol. The first-order chi connectivity index (χ1) is 8.00. The minimum Gasteiger partial charge on any atom is -0.480 e. The van der Waals surface area contributed by atoms with Crippen LogP contribution in [0.1, 0.15) is 12.5 Å². The molecule has 90 valence electrons. The number of carboxylic acid groups (broad SMARTS) is 1. The first-order valence-electron chi connectivity index (χ1n) is 5.26. The summed E-state index contributed by atoms with van der Waals surface area (Å²) in [7, 11) is 1.73. The van der Waals surface area contributed by atoms with E-state index in [1.165, 1.54) is 6.33 Å². The summed E-state index contributed by atoms with van der Waals surface area (Å²) in [5.74, 6) is -0.158. The Hall–Kier alpha value is -2.11. The standard InChI is InChI=1S/C11H14N4O2/c1-7-4-9-12-6-13-15(9)10(5-7)14(3)8(2)11(16)17/h4-6,8H,1-3H3,(H,16,17). The van der Waals surface area contributed by atoms with Crippen molar-refractivity contribution in [3.05, 3.63) is 24.0 Å². The van der Waals surface area contributed by atoms with Gasteiger partial charge in [-0.1, -0.05) is 0 Å². The summed E-state index contributed by atoms with van der Waals surface area (Å²) in [6, 6.07) is 3.17. The molecule has 17 heavy (non-hydrogen) atoms. The Kier molecular flexibility index (Phi) is 2.71. The minimum absolute atomic E-state index is 0.621. The van der Waals surface area contributed by atoms with Crippen LogP contribution in [0.2, 0.25) is 0 Å². The fourth-order valence-corrected chi connectivity index (χ4v) is 1.65. The smallest absolute Gasteiger partial charge is 0.326 e. The van der Waals surface area contributed by atoms with E-state index in [1.54, 1.807) is 23.4 Å². The molecule has 0 fully saturated rings. The molecule has 0 aromatic carbocycles. The van der Waals surface area contributed by atoms with Gasteiger partial charge in [-0.25, -0.2) is 9.78 Å². The first kappa shape index (κ1) is 11.4. The molecule has 2 aromatic rings. The monoisotopic (exact) mass is 234 g/mol. The van der Waals surface area contributed by atoms with Crippen LogP contribution in [0.15, 0.2) is 18.5 Å². The highest BCUT2D eigenvalue weighted by Gasteiger charge is 2.19. The molecule has 1 unspecified atom stereocenters. The third-order valence-electron chi connectivity index (χ3n) is 2.80. The summed E-state index contributed by atoms with van der Waals surface area (Å²) in [5, 5.41) is 13.1. The molecule has 0 bridgehead atoms. The summed E-state index contributed by atoms with van der Waals surface area (Å²) in [6.07, 6.45) is 1.46. The van der Waals surface area contributed by atoms with Gasteiger partial charge in [-0.05, 0) is 31.5 Å². The van der Waals surface area contributed by atoms with Crippen molar-refractivity contribution < 1.29 is 9.90 Å². The lowest BCUT2D eigenvalue weighted by atomic mass is 10.2. The van der Waals surface area contributed by atoms with Gasteiger partial charge in [0.15, 0.2) is 5.65 Å². The Morgan fingerprint density at radius 2 is 2.24 bits per heavy atom. The van der Waals surface area contributed by atoms with Gasteiger partial charge in [-0.2, -0.15) is 9.61 Å². The highest BCUT2D eigenvalue weighted by atomic mass is 16.4. The Labute approximate surface area is 98.5 Å². The van der Waals surface area contributed by atoms with Gasteiger partial charge in [0.1, 0.15) is 18.2 Å². The molecule has 2 aromatic heterocycles. The number of pyridine rings is 1. The molecule has 0 saturated carbocycles. The molecule has 0 spiro atoms. The zero-order valence-electron chi connectivity index (χ0n) is 9.95. The van der Waals surface area contributed by atoms with E-state index in [0.29, 0.717) is 11.5 Å². The number of nitrogens with zero attached hydrogens (tertiary/aromatic N) is 4. The van der Waals surface area contributed by atoms with Crippen LogP contribution in [0.3, 0.4) is 0 Å². The predicted molar refractivity (Wildman–Crippen MR) is 63.2 cm³/mol. The lowest BCUT2D eigenvalue weighted by Gasteiger charge is -2.24. The van der Waals surface area contributed by atoms with Crippen molar-refractivity contribution in [2.45, 2.75) is 19.9 Å². The number of carboxylic acids is 1. The number of hydrogen-bond donors (Lipinski definition) is 1. The van der Waals surface area contributed by atoms with Crippen LogP contribution in [0, 0.1) is 6.92 Å². The molecule has 0 saturated heterocycles. The summed E-state index contributed by atoms with van der Waals surface area (Å²) in [5.41, 5.74) is 1.73. The maximum Gasteiger partial charge on any atom is 0.326 e. The Morgan fingerprint density at radius 3 is 2.88 bits per heavy atom. The molecular formula is C11H14N4O2. The minimum atomic E-state index is -0.873. The molecule has 0 aliphatic heterocycles. The van der Waals surface area contributed by atoms with Gasteiger partial charge in [-0.15, -0.1) is 0 Å². The number of anilines is 1. The lowest BCUT2D eigenvalue weighted by Crippen LogP contribution is -2.37. The summed E-state index contributed by atoms with van der Waals surface area (Å²) in [6.45, 7) is 3.57. The third-order valence-corrected chi connectivity index (χ3v) is 2.80. The van der Waals surface area contributed by atoms with Crippen molar-refractivity contribution >= 4 is 17.4 Å². The van der Waals surface area contributed by atoms with Gasteiger partial charge in [0, 0.05) is 7.05 Å². The van der Waals surface area contributed by atoms with E-state index in [9.17, 15) is 4.79 Å². The molecule has 0 aliphatic carbocycles. The van der Waals surface area contributed by atoms with Crippen molar-refractivity contribution in [1.82, 2.24) is 14.6 Å². The fraction of sp³-hybridized carbons (Fsp3) is 0.364. The van der Waals surface area contributed by atoms with Crippen molar-refractivity contribution in [1.29, 1.82) is 0 Å². The van der Waals surface area contributed by atoms with E-state index in [2.05, 4.69) is 10.1 Å². The lowest BCUT2D eigenvalue weighted by molar-refractivity contribution is -0.138. The molecule has 6 heteroatoms. The van der Waals surface area contributed by atoms with Gasteiger partial charge < -0.3 is 10.0 Å². The second-order valence-corrected chi connectivity index (χ2v) is 4.05. The number of aromatic nitrogens is 3. The summed E-state index contributed by atoms with van der Waals surface area (Å²) in [4.78, 5) is 16.8. The van der Waals surface area contributed by atoms with Gasteiger partial charge in [0.2, 0.25) is 0 Å². The largest absolute Gasteiger partial charge is 0.480 e. The molecule has 2 rings (SSSR count). The summed E-state index contributed by atoms with van der Waals surface area (Å²) >= 11 is 0. The predicted octanol–water partition coefficient (Wildman–Crippen LogP) is 0.947. The maximum absolute atomic E-state index is 11.0. The number of aryl methyl sites for hydroxylation is 1. The van der Waals surface area contributed by atoms with E-state index in [1.807, 2.05) is 19.1 Å². The van der Waals surface area contributed by atoms with Crippen molar-refractivity contribution in [2.75, 3.05) is 11.9 Å². The van der Waals surface area contributed by atoms with Crippen LogP contribution >= 0.6 is 0 Å². The SMILES string of the molecule is Cc1cc(N(C)C(C)C(=O)O)n2ncnc2c1. The van der Waals surface area contributed by atoms with E-state index in [-0.39, 0.29) is 0 Å². The Morgan fingerprint density at radius 1 is 1.53 bits per heavy atom.